The summed E-state index contributed by atoms with van der Waals surface area (Å²) < 4.78 is 0. The van der Waals surface area contributed by atoms with Gasteiger partial charge in [-0.3, -0.25) is 4.79 Å². The van der Waals surface area contributed by atoms with E-state index in [9.17, 15) is 9.90 Å². The van der Waals surface area contributed by atoms with Gasteiger partial charge in [0.2, 0.25) is 0 Å². The lowest BCUT2D eigenvalue weighted by molar-refractivity contribution is -0.137. The van der Waals surface area contributed by atoms with Crippen LogP contribution in [0.25, 0.3) is 0 Å². The molecule has 0 radical (unpaired) electrons. The molecule has 0 aromatic carbocycles. The van der Waals surface area contributed by atoms with Gasteiger partial charge in [0.1, 0.15) is 0 Å². The van der Waals surface area contributed by atoms with Crippen LogP contribution < -0.4 is 0 Å². The summed E-state index contributed by atoms with van der Waals surface area (Å²) in [4.78, 5) is 10.2. The molecule has 0 bridgehead atoms. The van der Waals surface area contributed by atoms with E-state index in [0.29, 0.717) is 12.8 Å². The molecule has 0 spiro atoms. The van der Waals surface area contributed by atoms with Gasteiger partial charge in [0.25, 0.3) is 0 Å². The normalized spacial score (nSPS) is 12.8. The number of carbonyl (C=O) groups is 1. The highest BCUT2D eigenvalue weighted by molar-refractivity contribution is 5.66. The maximum atomic E-state index is 10.2. The number of rotatable bonds is 8. The van der Waals surface area contributed by atoms with Crippen molar-refractivity contribution in [3.63, 3.8) is 0 Å². The number of carboxylic acids is 1. The van der Waals surface area contributed by atoms with Crippen LogP contribution in [0.5, 0.6) is 0 Å². The van der Waals surface area contributed by atoms with Crippen LogP contribution in [0.2, 0.25) is 0 Å². The van der Waals surface area contributed by atoms with E-state index in [2.05, 4.69) is 6.92 Å². The first-order chi connectivity index (χ1) is 6.16. The maximum Gasteiger partial charge on any atom is 0.303 e. The predicted molar refractivity (Wildman–Crippen MR) is 51.6 cm³/mol. The van der Waals surface area contributed by atoms with E-state index >= 15 is 0 Å². The van der Waals surface area contributed by atoms with Crippen molar-refractivity contribution in [2.24, 2.45) is 0 Å². The van der Waals surface area contributed by atoms with E-state index in [1.807, 2.05) is 0 Å². The Balaban J connectivity index is 3.19. The average Bonchev–Trinajstić information content (AvgIpc) is 2.04. The van der Waals surface area contributed by atoms with E-state index in [1.165, 1.54) is 0 Å². The highest BCUT2D eigenvalue weighted by Crippen LogP contribution is 2.09. The SMILES string of the molecule is CCCCC[C@@H](O)CCCC(=O)O. The van der Waals surface area contributed by atoms with Crippen LogP contribution in [0.15, 0.2) is 0 Å². The van der Waals surface area contributed by atoms with Crippen LogP contribution in [0, 0.1) is 0 Å². The van der Waals surface area contributed by atoms with Crippen molar-refractivity contribution >= 4 is 5.97 Å². The second-order valence-corrected chi connectivity index (χ2v) is 3.44. The lowest BCUT2D eigenvalue weighted by Crippen LogP contribution is -2.07. The molecule has 0 unspecified atom stereocenters. The molecule has 0 aromatic rings. The zero-order chi connectivity index (χ0) is 10.1. The first-order valence-corrected chi connectivity index (χ1v) is 5.06. The Kier molecular flexibility index (Phi) is 7.69. The van der Waals surface area contributed by atoms with Gasteiger partial charge < -0.3 is 10.2 Å². The van der Waals surface area contributed by atoms with Gasteiger partial charge in [-0.1, -0.05) is 26.2 Å². The van der Waals surface area contributed by atoms with Crippen molar-refractivity contribution in [3.05, 3.63) is 0 Å². The highest BCUT2D eigenvalue weighted by atomic mass is 16.4. The maximum absolute atomic E-state index is 10.2. The number of aliphatic hydroxyl groups is 1. The van der Waals surface area contributed by atoms with Gasteiger partial charge in [-0.05, 0) is 19.3 Å². The second kappa shape index (κ2) is 8.05. The fourth-order valence-electron chi connectivity index (χ4n) is 1.26. The summed E-state index contributed by atoms with van der Waals surface area (Å²) >= 11 is 0. The molecule has 2 N–H and O–H groups in total. The van der Waals surface area contributed by atoms with Gasteiger partial charge in [0, 0.05) is 6.42 Å². The number of carboxylic acid groups (broad SMARTS) is 1. The smallest absolute Gasteiger partial charge is 0.303 e. The zero-order valence-electron chi connectivity index (χ0n) is 8.33. The molecule has 0 rings (SSSR count). The Morgan fingerprint density at radius 1 is 1.23 bits per heavy atom. The number of aliphatic carboxylic acids is 1. The summed E-state index contributed by atoms with van der Waals surface area (Å²) in [5, 5.41) is 17.8. The number of aliphatic hydroxyl groups excluding tert-OH is 1. The van der Waals surface area contributed by atoms with Crippen LogP contribution in [-0.4, -0.2) is 22.3 Å². The topological polar surface area (TPSA) is 57.5 Å². The monoisotopic (exact) mass is 188 g/mol. The fraction of sp³-hybridized carbons (Fsp3) is 0.900. The Bertz CT molecular complexity index is 134. The van der Waals surface area contributed by atoms with Gasteiger partial charge >= 0.3 is 5.97 Å². The van der Waals surface area contributed by atoms with Crippen LogP contribution >= 0.6 is 0 Å². The van der Waals surface area contributed by atoms with E-state index < -0.39 is 5.97 Å². The fourth-order valence-corrected chi connectivity index (χ4v) is 1.26. The Labute approximate surface area is 79.8 Å². The summed E-state index contributed by atoms with van der Waals surface area (Å²) in [6, 6.07) is 0. The summed E-state index contributed by atoms with van der Waals surface area (Å²) in [7, 11) is 0. The predicted octanol–water partition coefficient (Wildman–Crippen LogP) is 2.18. The molecule has 0 saturated heterocycles. The third kappa shape index (κ3) is 9.34. The Hall–Kier alpha value is -0.570. The molecule has 0 saturated carbocycles. The standard InChI is InChI=1S/C10H20O3/c1-2-3-4-6-9(11)7-5-8-10(12)13/h9,11H,2-8H2,1H3,(H,12,13)/t9-/m1/s1. The lowest BCUT2D eigenvalue weighted by atomic mass is 10.1. The molecule has 0 aliphatic rings. The first-order valence-electron chi connectivity index (χ1n) is 5.06. The van der Waals surface area contributed by atoms with Gasteiger partial charge in [0.15, 0.2) is 0 Å². The molecule has 3 heteroatoms. The molecule has 1 atom stereocenters. The van der Waals surface area contributed by atoms with E-state index in [4.69, 9.17) is 5.11 Å². The molecular formula is C10H20O3. The summed E-state index contributed by atoms with van der Waals surface area (Å²) in [6.45, 7) is 2.12. The van der Waals surface area contributed by atoms with Gasteiger partial charge in [-0.2, -0.15) is 0 Å². The van der Waals surface area contributed by atoms with Crippen molar-refractivity contribution in [2.75, 3.05) is 0 Å². The van der Waals surface area contributed by atoms with E-state index in [-0.39, 0.29) is 12.5 Å². The molecule has 78 valence electrons. The van der Waals surface area contributed by atoms with Crippen LogP contribution in [0.1, 0.15) is 51.9 Å². The minimum absolute atomic E-state index is 0.171. The Morgan fingerprint density at radius 3 is 2.38 bits per heavy atom. The molecule has 0 fully saturated rings. The number of hydrogen-bond acceptors (Lipinski definition) is 2. The second-order valence-electron chi connectivity index (χ2n) is 3.44. The van der Waals surface area contributed by atoms with Gasteiger partial charge in [0.05, 0.1) is 6.10 Å². The summed E-state index contributed by atoms with van der Waals surface area (Å²) in [6.07, 6.45) is 5.24. The molecule has 0 amide bonds. The third-order valence-corrected chi connectivity index (χ3v) is 2.07. The molecule has 0 aliphatic heterocycles. The van der Waals surface area contributed by atoms with Crippen LogP contribution in [0.3, 0.4) is 0 Å². The van der Waals surface area contributed by atoms with Gasteiger partial charge in [-0.25, -0.2) is 0 Å². The van der Waals surface area contributed by atoms with Crippen LogP contribution in [0.4, 0.5) is 0 Å². The third-order valence-electron chi connectivity index (χ3n) is 2.07. The van der Waals surface area contributed by atoms with Crippen molar-refractivity contribution in [2.45, 2.75) is 58.0 Å². The summed E-state index contributed by atoms with van der Waals surface area (Å²) in [5.41, 5.74) is 0. The minimum atomic E-state index is -0.777. The van der Waals surface area contributed by atoms with E-state index in [1.54, 1.807) is 0 Å². The van der Waals surface area contributed by atoms with Gasteiger partial charge in [-0.15, -0.1) is 0 Å². The van der Waals surface area contributed by atoms with Crippen molar-refractivity contribution in [1.82, 2.24) is 0 Å². The minimum Gasteiger partial charge on any atom is -0.481 e. The molecule has 13 heavy (non-hydrogen) atoms. The summed E-state index contributed by atoms with van der Waals surface area (Å²) in [5.74, 6) is -0.777. The first kappa shape index (κ1) is 12.4. The molecule has 3 nitrogen and oxygen atoms in total. The number of hydrogen-bond donors (Lipinski definition) is 2. The van der Waals surface area contributed by atoms with Crippen molar-refractivity contribution < 1.29 is 15.0 Å². The molecule has 0 aromatic heterocycles. The Morgan fingerprint density at radius 2 is 1.85 bits per heavy atom. The lowest BCUT2D eigenvalue weighted by Gasteiger charge is -2.08. The molecule has 0 heterocycles. The van der Waals surface area contributed by atoms with Crippen molar-refractivity contribution in [1.29, 1.82) is 0 Å². The highest BCUT2D eigenvalue weighted by Gasteiger charge is 2.04. The van der Waals surface area contributed by atoms with Crippen molar-refractivity contribution in [3.8, 4) is 0 Å². The van der Waals surface area contributed by atoms with Crippen LogP contribution in [-0.2, 0) is 4.79 Å². The van der Waals surface area contributed by atoms with E-state index in [0.717, 1.165) is 25.7 Å². The molecular weight excluding hydrogens is 168 g/mol. The quantitative estimate of drug-likeness (QED) is 0.574. The average molecular weight is 188 g/mol. The number of unbranched alkanes of at least 4 members (excludes halogenated alkanes) is 2. The molecule has 0 aliphatic carbocycles. The largest absolute Gasteiger partial charge is 0.481 e. The zero-order valence-corrected chi connectivity index (χ0v) is 8.33.